The molecule has 5 rings (SSSR count). The number of carbonyl (C=O) groups excluding carboxylic acids is 1. The lowest BCUT2D eigenvalue weighted by molar-refractivity contribution is 0.0702. The van der Waals surface area contributed by atoms with Crippen LogP contribution in [0.4, 0.5) is 0 Å². The van der Waals surface area contributed by atoms with Gasteiger partial charge in [0.15, 0.2) is 11.5 Å². The third-order valence-electron chi connectivity index (χ3n) is 6.46. The zero-order chi connectivity index (χ0) is 21.0. The summed E-state index contributed by atoms with van der Waals surface area (Å²) in [4.78, 5) is 17.4. The minimum Gasteiger partial charge on any atom is -0.489 e. The van der Waals surface area contributed by atoms with Crippen LogP contribution in [-0.2, 0) is 6.54 Å². The molecule has 0 N–H and O–H groups in total. The highest BCUT2D eigenvalue weighted by Gasteiger charge is 2.26. The molecule has 0 atom stereocenters. The van der Waals surface area contributed by atoms with Gasteiger partial charge in [-0.2, -0.15) is 0 Å². The number of ether oxygens (including phenoxy) is 3. The first-order chi connectivity index (χ1) is 15.3. The van der Waals surface area contributed by atoms with Gasteiger partial charge >= 0.3 is 0 Å². The second-order valence-corrected chi connectivity index (χ2v) is 8.59. The Labute approximate surface area is 183 Å². The van der Waals surface area contributed by atoms with Crippen LogP contribution in [0.5, 0.6) is 17.2 Å². The fourth-order valence-corrected chi connectivity index (χ4v) is 4.73. The van der Waals surface area contributed by atoms with Crippen molar-refractivity contribution in [2.24, 2.45) is 0 Å². The molecular weight excluding hydrogens is 392 g/mol. The van der Waals surface area contributed by atoms with Crippen LogP contribution in [0.3, 0.4) is 0 Å². The minimum absolute atomic E-state index is 0.105. The first-order valence-electron chi connectivity index (χ1n) is 11.4. The lowest BCUT2D eigenvalue weighted by Crippen LogP contribution is -2.38. The van der Waals surface area contributed by atoms with E-state index in [0.29, 0.717) is 12.4 Å². The fourth-order valence-electron chi connectivity index (χ4n) is 4.73. The zero-order valence-electron chi connectivity index (χ0n) is 17.9. The lowest BCUT2D eigenvalue weighted by atomic mass is 10.1. The molecule has 3 heterocycles. The summed E-state index contributed by atoms with van der Waals surface area (Å²) < 4.78 is 17.5. The molecule has 0 bridgehead atoms. The predicted octanol–water partition coefficient (Wildman–Crippen LogP) is 4.08. The molecule has 2 aromatic carbocycles. The summed E-state index contributed by atoms with van der Waals surface area (Å²) in [7, 11) is 0. The van der Waals surface area contributed by atoms with E-state index >= 15 is 0 Å². The van der Waals surface area contributed by atoms with E-state index in [-0.39, 0.29) is 12.0 Å². The zero-order valence-corrected chi connectivity index (χ0v) is 17.9. The lowest BCUT2D eigenvalue weighted by Gasteiger charge is -2.33. The van der Waals surface area contributed by atoms with Gasteiger partial charge in [0.25, 0.3) is 5.91 Å². The van der Waals surface area contributed by atoms with Crippen molar-refractivity contribution in [1.82, 2.24) is 9.80 Å². The van der Waals surface area contributed by atoms with Crippen molar-refractivity contribution in [1.29, 1.82) is 0 Å². The molecule has 0 spiro atoms. The Morgan fingerprint density at radius 1 is 0.935 bits per heavy atom. The van der Waals surface area contributed by atoms with Gasteiger partial charge in [-0.1, -0.05) is 24.3 Å². The molecule has 0 saturated carbocycles. The van der Waals surface area contributed by atoms with Gasteiger partial charge in [0.05, 0.1) is 5.56 Å². The van der Waals surface area contributed by atoms with Gasteiger partial charge in [0.2, 0.25) is 6.79 Å². The maximum Gasteiger partial charge on any atom is 0.257 e. The Balaban J connectivity index is 1.19. The normalized spacial score (nSPS) is 19.4. The van der Waals surface area contributed by atoms with Crippen molar-refractivity contribution < 1.29 is 19.0 Å². The van der Waals surface area contributed by atoms with Crippen LogP contribution in [0.1, 0.15) is 48.0 Å². The van der Waals surface area contributed by atoms with Crippen LogP contribution in [0, 0.1) is 0 Å². The minimum atomic E-state index is 0.105. The van der Waals surface area contributed by atoms with E-state index in [1.807, 2.05) is 41.3 Å². The van der Waals surface area contributed by atoms with Crippen LogP contribution in [0.2, 0.25) is 0 Å². The van der Waals surface area contributed by atoms with E-state index in [9.17, 15) is 4.79 Å². The second-order valence-electron chi connectivity index (χ2n) is 8.59. The summed E-state index contributed by atoms with van der Waals surface area (Å²) in [5, 5.41) is 0. The molecule has 2 fully saturated rings. The maximum absolute atomic E-state index is 13.0. The number of amides is 1. The van der Waals surface area contributed by atoms with Gasteiger partial charge in [-0.05, 0) is 50.3 Å². The molecular formula is C25H30N2O4. The number of piperidine rings is 2. The summed E-state index contributed by atoms with van der Waals surface area (Å²) >= 11 is 0. The Morgan fingerprint density at radius 2 is 1.74 bits per heavy atom. The predicted molar refractivity (Wildman–Crippen MR) is 118 cm³/mol. The van der Waals surface area contributed by atoms with Crippen LogP contribution >= 0.6 is 0 Å². The van der Waals surface area contributed by atoms with E-state index in [1.54, 1.807) is 0 Å². The van der Waals surface area contributed by atoms with Crippen molar-refractivity contribution in [2.75, 3.05) is 33.0 Å². The fraction of sp³-hybridized carbons (Fsp3) is 0.480. The molecule has 0 radical (unpaired) electrons. The smallest absolute Gasteiger partial charge is 0.257 e. The van der Waals surface area contributed by atoms with Gasteiger partial charge in [-0.3, -0.25) is 9.69 Å². The number of rotatable bonds is 5. The second kappa shape index (κ2) is 9.18. The molecule has 0 unspecified atom stereocenters. The van der Waals surface area contributed by atoms with Crippen LogP contribution in [0.15, 0.2) is 42.5 Å². The quantitative estimate of drug-likeness (QED) is 0.727. The van der Waals surface area contributed by atoms with E-state index < -0.39 is 0 Å². The summed E-state index contributed by atoms with van der Waals surface area (Å²) in [6, 6.07) is 13.8. The number of para-hydroxylation sites is 2. The molecule has 6 heteroatoms. The van der Waals surface area contributed by atoms with Gasteiger partial charge in [0.1, 0.15) is 11.9 Å². The number of benzene rings is 2. The number of fused-ring (bicyclic) bond motifs is 1. The average Bonchev–Trinajstić information content (AvgIpc) is 3.31. The number of nitrogens with zero attached hydrogens (tertiary/aromatic N) is 2. The summed E-state index contributed by atoms with van der Waals surface area (Å²) in [5.41, 5.74) is 1.87. The van der Waals surface area contributed by atoms with Gasteiger partial charge < -0.3 is 19.1 Å². The first kappa shape index (κ1) is 20.2. The largest absolute Gasteiger partial charge is 0.489 e. The van der Waals surface area contributed by atoms with Crippen molar-refractivity contribution in [2.45, 2.75) is 44.8 Å². The third-order valence-corrected chi connectivity index (χ3v) is 6.46. The summed E-state index contributed by atoms with van der Waals surface area (Å²) in [5.74, 6) is 2.55. The molecule has 3 aliphatic rings. The molecule has 164 valence electrons. The van der Waals surface area contributed by atoms with Crippen LogP contribution in [-0.4, -0.2) is 54.8 Å². The Hall–Kier alpha value is -2.73. The van der Waals surface area contributed by atoms with E-state index in [1.165, 1.54) is 12.0 Å². The Morgan fingerprint density at radius 3 is 2.58 bits per heavy atom. The topological polar surface area (TPSA) is 51.2 Å². The van der Waals surface area contributed by atoms with Crippen molar-refractivity contribution in [3.05, 3.63) is 53.6 Å². The number of hydrogen-bond donors (Lipinski definition) is 0. The summed E-state index contributed by atoms with van der Waals surface area (Å²) in [6.45, 7) is 4.77. The van der Waals surface area contributed by atoms with E-state index in [2.05, 4.69) is 11.0 Å². The summed E-state index contributed by atoms with van der Waals surface area (Å²) in [6.07, 6.45) is 5.42. The Bertz CT molecular complexity index is 917. The van der Waals surface area contributed by atoms with Crippen LogP contribution in [0.25, 0.3) is 0 Å². The van der Waals surface area contributed by atoms with Gasteiger partial charge in [0, 0.05) is 38.3 Å². The molecule has 2 aromatic rings. The van der Waals surface area contributed by atoms with Gasteiger partial charge in [-0.15, -0.1) is 0 Å². The highest BCUT2D eigenvalue weighted by molar-refractivity contribution is 5.97. The van der Waals surface area contributed by atoms with Crippen molar-refractivity contribution >= 4 is 5.91 Å². The SMILES string of the molecule is O=C(c1ccccc1OC1CCN(Cc2cccc3c2OCO3)CC1)N1CCCCC1. The highest BCUT2D eigenvalue weighted by atomic mass is 16.7. The molecule has 1 amide bonds. The Kier molecular flexibility index (Phi) is 5.98. The van der Waals surface area contributed by atoms with E-state index in [4.69, 9.17) is 14.2 Å². The molecule has 2 saturated heterocycles. The number of likely N-dealkylation sites (tertiary alicyclic amines) is 2. The number of hydrogen-bond acceptors (Lipinski definition) is 5. The van der Waals surface area contributed by atoms with E-state index in [0.717, 1.165) is 75.7 Å². The van der Waals surface area contributed by atoms with Crippen molar-refractivity contribution in [3.63, 3.8) is 0 Å². The monoisotopic (exact) mass is 422 g/mol. The molecule has 0 aliphatic carbocycles. The molecule has 0 aromatic heterocycles. The molecule has 3 aliphatic heterocycles. The standard InChI is InChI=1S/C25H30N2O4/c28-25(27-13-4-1-5-14-27)21-8-2-3-9-22(21)31-20-11-15-26(16-12-20)17-19-7-6-10-23-24(19)30-18-29-23/h2-3,6-10,20H,1,4-5,11-18H2. The molecule has 6 nitrogen and oxygen atoms in total. The van der Waals surface area contributed by atoms with Crippen LogP contribution < -0.4 is 14.2 Å². The first-order valence-corrected chi connectivity index (χ1v) is 11.4. The third kappa shape index (κ3) is 4.49. The van der Waals surface area contributed by atoms with Gasteiger partial charge in [-0.25, -0.2) is 0 Å². The molecule has 31 heavy (non-hydrogen) atoms. The highest BCUT2D eigenvalue weighted by Crippen LogP contribution is 2.36. The van der Waals surface area contributed by atoms with Crippen molar-refractivity contribution in [3.8, 4) is 17.2 Å². The number of carbonyl (C=O) groups is 1. The maximum atomic E-state index is 13.0. The average molecular weight is 423 g/mol.